The minimum absolute atomic E-state index is 0.124. The van der Waals surface area contributed by atoms with Crippen molar-refractivity contribution in [3.8, 4) is 11.5 Å². The summed E-state index contributed by atoms with van der Waals surface area (Å²) in [7, 11) is 0. The number of hydrazine groups is 1. The molecular weight excluding hydrogens is 368 g/mol. The summed E-state index contributed by atoms with van der Waals surface area (Å²) in [5, 5.41) is 0. The number of rotatable bonds is 2. The maximum atomic E-state index is 12.1. The molecule has 7 nitrogen and oxygen atoms in total. The van der Waals surface area contributed by atoms with Gasteiger partial charge in [0.25, 0.3) is 5.91 Å². The Kier molecular flexibility index (Phi) is 4.24. The fourth-order valence-electron chi connectivity index (χ4n) is 2.10. The number of nitrogens with one attached hydrogen (secondary N) is 2. The van der Waals surface area contributed by atoms with Crippen LogP contribution >= 0.6 is 15.9 Å². The zero-order valence-corrected chi connectivity index (χ0v) is 13.7. The number of amides is 2. The Bertz CT molecular complexity index is 771. The highest BCUT2D eigenvalue weighted by Crippen LogP contribution is 2.30. The van der Waals surface area contributed by atoms with Gasteiger partial charge in [-0.15, -0.1) is 0 Å². The number of carbonyl (C=O) groups is 2. The monoisotopic (exact) mass is 380 g/mol. The van der Waals surface area contributed by atoms with Gasteiger partial charge in [0, 0.05) is 11.1 Å². The van der Waals surface area contributed by atoms with Crippen molar-refractivity contribution in [1.82, 2.24) is 10.9 Å². The van der Waals surface area contributed by atoms with Crippen molar-refractivity contribution < 1.29 is 23.5 Å². The summed E-state index contributed by atoms with van der Waals surface area (Å²) in [6.07, 6.45) is 0. The van der Waals surface area contributed by atoms with Gasteiger partial charge in [-0.2, -0.15) is 0 Å². The zero-order chi connectivity index (χ0) is 16.4. The number of carbonyl (C=O) groups excluding carboxylic acids is 2. The fourth-order valence-corrected chi connectivity index (χ4v) is 2.60. The van der Waals surface area contributed by atoms with Crippen LogP contribution < -0.4 is 20.3 Å². The van der Waals surface area contributed by atoms with Gasteiger partial charge < -0.3 is 13.9 Å². The normalized spacial score (nSPS) is 12.6. The smallest absolute Gasteiger partial charge is 0.305 e. The van der Waals surface area contributed by atoms with E-state index in [1.165, 1.54) is 0 Å². The Hall–Kier alpha value is -2.48. The Labute approximate surface area is 140 Å². The van der Waals surface area contributed by atoms with E-state index in [-0.39, 0.29) is 5.76 Å². The topological polar surface area (TPSA) is 89.8 Å². The second-order valence-electron chi connectivity index (χ2n) is 4.83. The highest BCUT2D eigenvalue weighted by Gasteiger charge is 2.18. The SMILES string of the molecule is Cc1cc(Br)oc1C(=O)NNC(=O)c1ccc2c(c1)OCCO2. The molecule has 2 heterocycles. The van der Waals surface area contributed by atoms with E-state index >= 15 is 0 Å². The molecule has 1 aliphatic rings. The number of halogens is 1. The molecule has 2 N–H and O–H groups in total. The van der Waals surface area contributed by atoms with Gasteiger partial charge in [-0.25, -0.2) is 0 Å². The number of benzene rings is 1. The van der Waals surface area contributed by atoms with Crippen molar-refractivity contribution in [2.75, 3.05) is 13.2 Å². The van der Waals surface area contributed by atoms with E-state index in [4.69, 9.17) is 13.9 Å². The minimum Gasteiger partial charge on any atom is -0.486 e. The summed E-state index contributed by atoms with van der Waals surface area (Å²) in [5.41, 5.74) is 5.63. The lowest BCUT2D eigenvalue weighted by atomic mass is 10.2. The van der Waals surface area contributed by atoms with Crippen LogP contribution in [0.5, 0.6) is 11.5 Å². The molecule has 1 aromatic carbocycles. The average molecular weight is 381 g/mol. The van der Waals surface area contributed by atoms with Crippen LogP contribution in [0.3, 0.4) is 0 Å². The van der Waals surface area contributed by atoms with Gasteiger partial charge in [0.05, 0.1) is 0 Å². The molecule has 0 unspecified atom stereocenters. The highest BCUT2D eigenvalue weighted by atomic mass is 79.9. The molecular formula is C15H13BrN2O5. The number of hydrogen-bond donors (Lipinski definition) is 2. The average Bonchev–Trinajstić information content (AvgIpc) is 2.90. The van der Waals surface area contributed by atoms with E-state index in [1.54, 1.807) is 31.2 Å². The number of hydrogen-bond acceptors (Lipinski definition) is 5. The molecule has 0 radical (unpaired) electrons. The summed E-state index contributed by atoms with van der Waals surface area (Å²) >= 11 is 3.14. The van der Waals surface area contributed by atoms with Crippen LogP contribution in [0, 0.1) is 6.92 Å². The van der Waals surface area contributed by atoms with Crippen LogP contribution in [0.1, 0.15) is 26.5 Å². The molecule has 0 spiro atoms. The van der Waals surface area contributed by atoms with Crippen molar-refractivity contribution in [2.24, 2.45) is 0 Å². The van der Waals surface area contributed by atoms with Crippen LogP contribution in [-0.2, 0) is 0 Å². The number of fused-ring (bicyclic) bond motifs is 1. The molecule has 3 rings (SSSR count). The summed E-state index contributed by atoms with van der Waals surface area (Å²) in [6, 6.07) is 6.46. The summed E-state index contributed by atoms with van der Waals surface area (Å²) in [6.45, 7) is 2.64. The summed E-state index contributed by atoms with van der Waals surface area (Å²) in [5.74, 6) is 0.200. The predicted molar refractivity (Wildman–Crippen MR) is 83.5 cm³/mol. The first-order valence-electron chi connectivity index (χ1n) is 6.81. The second kappa shape index (κ2) is 6.33. The molecule has 0 bridgehead atoms. The van der Waals surface area contributed by atoms with E-state index in [0.717, 1.165) is 0 Å². The second-order valence-corrected chi connectivity index (χ2v) is 5.61. The molecule has 0 saturated carbocycles. The van der Waals surface area contributed by atoms with Crippen molar-refractivity contribution in [1.29, 1.82) is 0 Å². The Morgan fingerprint density at radius 3 is 2.43 bits per heavy atom. The van der Waals surface area contributed by atoms with Gasteiger partial charge in [-0.1, -0.05) is 0 Å². The van der Waals surface area contributed by atoms with Gasteiger partial charge in [0.2, 0.25) is 0 Å². The van der Waals surface area contributed by atoms with Gasteiger partial charge in [-0.3, -0.25) is 20.4 Å². The van der Waals surface area contributed by atoms with Crippen molar-refractivity contribution in [2.45, 2.75) is 6.92 Å². The first kappa shape index (κ1) is 15.4. The van der Waals surface area contributed by atoms with Crippen molar-refractivity contribution in [3.05, 3.63) is 45.8 Å². The van der Waals surface area contributed by atoms with E-state index in [1.807, 2.05) is 0 Å². The standard InChI is InChI=1S/C15H13BrN2O5/c1-8-6-12(16)23-13(8)15(20)18-17-14(19)9-2-3-10-11(7-9)22-5-4-21-10/h2-3,6-7H,4-5H2,1H3,(H,17,19)(H,18,20). The van der Waals surface area contributed by atoms with Gasteiger partial charge in [0.15, 0.2) is 21.9 Å². The minimum atomic E-state index is -0.543. The van der Waals surface area contributed by atoms with Gasteiger partial charge in [-0.05, 0) is 47.1 Å². The molecule has 23 heavy (non-hydrogen) atoms. The lowest BCUT2D eigenvalue weighted by Crippen LogP contribution is -2.41. The van der Waals surface area contributed by atoms with Crippen molar-refractivity contribution in [3.63, 3.8) is 0 Å². The Balaban J connectivity index is 1.65. The van der Waals surface area contributed by atoms with Crippen LogP contribution in [0.15, 0.2) is 33.4 Å². The lowest BCUT2D eigenvalue weighted by Gasteiger charge is -2.18. The fraction of sp³-hybridized carbons (Fsp3) is 0.200. The first-order chi connectivity index (χ1) is 11.0. The van der Waals surface area contributed by atoms with Crippen LogP contribution in [0.2, 0.25) is 0 Å². The molecule has 0 aliphatic carbocycles. The Morgan fingerprint density at radius 1 is 1.04 bits per heavy atom. The summed E-state index contributed by atoms with van der Waals surface area (Å²) < 4.78 is 16.4. The van der Waals surface area contributed by atoms with Crippen LogP contribution in [0.25, 0.3) is 0 Å². The van der Waals surface area contributed by atoms with E-state index < -0.39 is 11.8 Å². The number of aryl methyl sites for hydroxylation is 1. The van der Waals surface area contributed by atoms with Crippen LogP contribution in [0.4, 0.5) is 0 Å². The van der Waals surface area contributed by atoms with Crippen molar-refractivity contribution >= 4 is 27.7 Å². The van der Waals surface area contributed by atoms with Crippen LogP contribution in [-0.4, -0.2) is 25.0 Å². The predicted octanol–water partition coefficient (Wildman–Crippen LogP) is 2.20. The molecule has 2 aromatic rings. The molecule has 2 amide bonds. The third-order valence-electron chi connectivity index (χ3n) is 3.19. The number of furan rings is 1. The molecule has 0 saturated heterocycles. The quantitative estimate of drug-likeness (QED) is 0.779. The number of ether oxygens (including phenoxy) is 2. The third-order valence-corrected chi connectivity index (χ3v) is 3.58. The first-order valence-corrected chi connectivity index (χ1v) is 7.60. The highest BCUT2D eigenvalue weighted by molar-refractivity contribution is 9.10. The van der Waals surface area contributed by atoms with Gasteiger partial charge >= 0.3 is 5.91 Å². The zero-order valence-electron chi connectivity index (χ0n) is 12.1. The Morgan fingerprint density at radius 2 is 1.74 bits per heavy atom. The molecule has 0 atom stereocenters. The van der Waals surface area contributed by atoms with E-state index in [9.17, 15) is 9.59 Å². The maximum absolute atomic E-state index is 12.1. The molecule has 1 aromatic heterocycles. The third kappa shape index (κ3) is 3.31. The van der Waals surface area contributed by atoms with E-state index in [0.29, 0.717) is 40.5 Å². The summed E-state index contributed by atoms with van der Waals surface area (Å²) in [4.78, 5) is 24.1. The lowest BCUT2D eigenvalue weighted by molar-refractivity contribution is 0.0829. The molecule has 1 aliphatic heterocycles. The largest absolute Gasteiger partial charge is 0.486 e. The van der Waals surface area contributed by atoms with E-state index in [2.05, 4.69) is 26.8 Å². The molecule has 0 fully saturated rings. The molecule has 120 valence electrons. The van der Waals surface area contributed by atoms with Gasteiger partial charge in [0.1, 0.15) is 13.2 Å². The molecule has 8 heteroatoms. The maximum Gasteiger partial charge on any atom is 0.305 e.